The largest absolute Gasteiger partial charge is 0.468 e. The third-order valence-electron chi connectivity index (χ3n) is 3.77. The van der Waals surface area contributed by atoms with E-state index < -0.39 is 12.8 Å². The van der Waals surface area contributed by atoms with Crippen molar-refractivity contribution in [3.8, 4) is 5.88 Å². The Bertz CT molecular complexity index is 978. The standard InChI is InChI=1S/C18H20F3N7O.HI/c1-2-22-17(25-11-15-27-26-14-7-3-4-9-28(14)15)24-10-13-6-5-8-23-16(13)29-12-18(19,20)21;/h3-9H,2,10-12H2,1H3,(H2,22,24,25);1H. The summed E-state index contributed by atoms with van der Waals surface area (Å²) >= 11 is 0. The quantitative estimate of drug-likeness (QED) is 0.275. The first-order chi connectivity index (χ1) is 14.0. The first kappa shape index (κ1) is 23.6. The first-order valence-electron chi connectivity index (χ1n) is 8.90. The summed E-state index contributed by atoms with van der Waals surface area (Å²) < 4.78 is 43.9. The molecule has 3 heterocycles. The molecule has 0 aliphatic carbocycles. The van der Waals surface area contributed by atoms with E-state index in [9.17, 15) is 13.2 Å². The minimum atomic E-state index is -4.43. The molecule has 0 aliphatic heterocycles. The summed E-state index contributed by atoms with van der Waals surface area (Å²) in [5, 5.41) is 14.4. The van der Waals surface area contributed by atoms with E-state index in [0.717, 1.165) is 5.65 Å². The van der Waals surface area contributed by atoms with Crippen molar-refractivity contribution >= 4 is 35.6 Å². The fourth-order valence-electron chi connectivity index (χ4n) is 2.50. The van der Waals surface area contributed by atoms with Gasteiger partial charge in [-0.15, -0.1) is 34.2 Å². The van der Waals surface area contributed by atoms with Crippen LogP contribution in [0.1, 0.15) is 18.3 Å². The van der Waals surface area contributed by atoms with Crippen LogP contribution in [0.5, 0.6) is 5.88 Å². The molecule has 8 nitrogen and oxygen atoms in total. The molecule has 0 saturated heterocycles. The summed E-state index contributed by atoms with van der Waals surface area (Å²) in [5.74, 6) is 1.08. The number of hydrogen-bond acceptors (Lipinski definition) is 5. The average Bonchev–Trinajstić information content (AvgIpc) is 3.12. The van der Waals surface area contributed by atoms with Gasteiger partial charge in [0.05, 0.1) is 13.1 Å². The summed E-state index contributed by atoms with van der Waals surface area (Å²) in [7, 11) is 0. The van der Waals surface area contributed by atoms with Crippen LogP contribution in [0.25, 0.3) is 5.65 Å². The van der Waals surface area contributed by atoms with E-state index in [4.69, 9.17) is 4.74 Å². The number of halogens is 4. The Morgan fingerprint density at radius 3 is 2.77 bits per heavy atom. The van der Waals surface area contributed by atoms with Crippen LogP contribution >= 0.6 is 24.0 Å². The lowest BCUT2D eigenvalue weighted by Gasteiger charge is -2.13. The Balaban J connectivity index is 0.00000320. The van der Waals surface area contributed by atoms with Crippen molar-refractivity contribution in [2.75, 3.05) is 13.2 Å². The molecule has 0 aromatic carbocycles. The molecule has 0 unspecified atom stereocenters. The molecule has 3 rings (SSSR count). The highest BCUT2D eigenvalue weighted by molar-refractivity contribution is 14.0. The third kappa shape index (κ3) is 6.71. The third-order valence-corrected chi connectivity index (χ3v) is 3.77. The molecule has 0 spiro atoms. The summed E-state index contributed by atoms with van der Waals surface area (Å²) in [6.45, 7) is 1.57. The molecule has 0 atom stereocenters. The highest BCUT2D eigenvalue weighted by Gasteiger charge is 2.29. The van der Waals surface area contributed by atoms with Crippen LogP contribution in [0.2, 0.25) is 0 Å². The van der Waals surface area contributed by atoms with Crippen molar-refractivity contribution in [1.29, 1.82) is 0 Å². The molecule has 0 aliphatic rings. The van der Waals surface area contributed by atoms with E-state index in [-0.39, 0.29) is 36.4 Å². The zero-order valence-electron chi connectivity index (χ0n) is 16.1. The minimum absolute atomic E-state index is 0. The number of fused-ring (bicyclic) bond motifs is 1. The van der Waals surface area contributed by atoms with Gasteiger partial charge in [-0.05, 0) is 25.1 Å². The van der Waals surface area contributed by atoms with Crippen LogP contribution in [0.15, 0.2) is 47.7 Å². The molecular weight excluding hydrogens is 514 g/mol. The highest BCUT2D eigenvalue weighted by atomic mass is 127. The predicted molar refractivity (Wildman–Crippen MR) is 116 cm³/mol. The van der Waals surface area contributed by atoms with Crippen LogP contribution in [-0.4, -0.2) is 44.9 Å². The minimum Gasteiger partial charge on any atom is -0.468 e. The van der Waals surface area contributed by atoms with Crippen molar-refractivity contribution in [3.05, 3.63) is 54.1 Å². The number of ether oxygens (including phenoxy) is 1. The van der Waals surface area contributed by atoms with Gasteiger partial charge in [-0.3, -0.25) is 4.40 Å². The Labute approximate surface area is 188 Å². The second kappa shape index (κ2) is 10.9. The van der Waals surface area contributed by atoms with Gasteiger partial charge in [-0.25, -0.2) is 9.98 Å². The Kier molecular flexibility index (Phi) is 8.62. The molecule has 0 saturated carbocycles. The molecule has 0 fully saturated rings. The molecule has 30 heavy (non-hydrogen) atoms. The molecule has 3 aromatic rings. The van der Waals surface area contributed by atoms with Gasteiger partial charge in [-0.2, -0.15) is 13.2 Å². The summed E-state index contributed by atoms with van der Waals surface area (Å²) in [4.78, 5) is 8.28. The predicted octanol–water partition coefficient (Wildman–Crippen LogP) is 2.94. The van der Waals surface area contributed by atoms with Crippen molar-refractivity contribution < 1.29 is 17.9 Å². The van der Waals surface area contributed by atoms with Crippen molar-refractivity contribution in [2.24, 2.45) is 4.99 Å². The summed E-state index contributed by atoms with van der Waals surface area (Å²) in [6.07, 6.45) is -1.20. The number of hydrogen-bond donors (Lipinski definition) is 2. The maximum absolute atomic E-state index is 12.4. The number of nitrogens with zero attached hydrogens (tertiary/aromatic N) is 5. The number of alkyl halides is 3. The average molecular weight is 535 g/mol. The van der Waals surface area contributed by atoms with E-state index in [1.54, 1.807) is 12.1 Å². The molecule has 0 bridgehead atoms. The SMILES string of the molecule is CCNC(=NCc1cccnc1OCC(F)(F)F)NCc1nnc2ccccn12.I. The molecule has 0 amide bonds. The van der Waals surface area contributed by atoms with Crippen LogP contribution < -0.4 is 15.4 Å². The van der Waals surface area contributed by atoms with Gasteiger partial charge < -0.3 is 15.4 Å². The number of rotatable bonds is 7. The van der Waals surface area contributed by atoms with E-state index >= 15 is 0 Å². The molecule has 0 radical (unpaired) electrons. The van der Waals surface area contributed by atoms with Gasteiger partial charge in [0.1, 0.15) is 0 Å². The lowest BCUT2D eigenvalue weighted by molar-refractivity contribution is -0.154. The molecule has 3 aromatic heterocycles. The van der Waals surface area contributed by atoms with Crippen LogP contribution in [0, 0.1) is 0 Å². The highest BCUT2D eigenvalue weighted by Crippen LogP contribution is 2.20. The van der Waals surface area contributed by atoms with Gasteiger partial charge in [-0.1, -0.05) is 12.1 Å². The van der Waals surface area contributed by atoms with Gasteiger partial charge in [0.25, 0.3) is 0 Å². The second-order valence-corrected chi connectivity index (χ2v) is 5.97. The molecule has 162 valence electrons. The number of pyridine rings is 2. The second-order valence-electron chi connectivity index (χ2n) is 5.97. The van der Waals surface area contributed by atoms with Gasteiger partial charge >= 0.3 is 6.18 Å². The first-order valence-corrected chi connectivity index (χ1v) is 8.90. The maximum atomic E-state index is 12.4. The van der Waals surface area contributed by atoms with E-state index in [1.807, 2.05) is 35.7 Å². The number of guanidine groups is 1. The van der Waals surface area contributed by atoms with Crippen LogP contribution in [0.3, 0.4) is 0 Å². The van der Waals surface area contributed by atoms with Crippen molar-refractivity contribution in [3.63, 3.8) is 0 Å². The van der Waals surface area contributed by atoms with Crippen LogP contribution in [0.4, 0.5) is 13.2 Å². The smallest absolute Gasteiger partial charge is 0.422 e. The van der Waals surface area contributed by atoms with Crippen molar-refractivity contribution in [1.82, 2.24) is 30.2 Å². The van der Waals surface area contributed by atoms with E-state index in [1.165, 1.54) is 6.20 Å². The van der Waals surface area contributed by atoms with Gasteiger partial charge in [0.2, 0.25) is 5.88 Å². The zero-order valence-corrected chi connectivity index (χ0v) is 18.4. The Morgan fingerprint density at radius 2 is 2.00 bits per heavy atom. The molecule has 12 heteroatoms. The Hall–Kier alpha value is -2.64. The van der Waals surface area contributed by atoms with Gasteiger partial charge in [0, 0.05) is 24.5 Å². The lowest BCUT2D eigenvalue weighted by atomic mass is 10.3. The topological polar surface area (TPSA) is 88.7 Å². The monoisotopic (exact) mass is 535 g/mol. The molecular formula is C18H21F3IN7O. The lowest BCUT2D eigenvalue weighted by Crippen LogP contribution is -2.37. The fraction of sp³-hybridized carbons (Fsp3) is 0.333. The van der Waals surface area contributed by atoms with Gasteiger partial charge in [0.15, 0.2) is 24.0 Å². The maximum Gasteiger partial charge on any atom is 0.422 e. The summed E-state index contributed by atoms with van der Waals surface area (Å²) in [6, 6.07) is 8.84. The Morgan fingerprint density at radius 1 is 1.17 bits per heavy atom. The normalized spacial score (nSPS) is 11.8. The summed E-state index contributed by atoms with van der Waals surface area (Å²) in [5.41, 5.74) is 1.18. The number of nitrogens with one attached hydrogen (secondary N) is 2. The van der Waals surface area contributed by atoms with E-state index in [2.05, 4.69) is 30.8 Å². The zero-order chi connectivity index (χ0) is 20.7. The fourth-order valence-corrected chi connectivity index (χ4v) is 2.50. The van der Waals surface area contributed by atoms with E-state index in [0.29, 0.717) is 30.4 Å². The van der Waals surface area contributed by atoms with Crippen LogP contribution in [-0.2, 0) is 13.1 Å². The number of aliphatic imine (C=N–C) groups is 1. The number of aromatic nitrogens is 4. The molecule has 2 N–H and O–H groups in total. The van der Waals surface area contributed by atoms with Crippen molar-refractivity contribution in [2.45, 2.75) is 26.2 Å².